The summed E-state index contributed by atoms with van der Waals surface area (Å²) in [6, 6.07) is 0. The van der Waals surface area contributed by atoms with Crippen LogP contribution in [0.4, 0.5) is 0 Å². The van der Waals surface area contributed by atoms with E-state index in [4.69, 9.17) is 11.5 Å². The van der Waals surface area contributed by atoms with Crippen molar-refractivity contribution >= 4 is 5.91 Å². The van der Waals surface area contributed by atoms with Gasteiger partial charge in [0.05, 0.1) is 5.54 Å². The standard InChI is InChI=1S/C12H25N3O/c1-3-15(9-10-5-6-10)8-4-7-12(2,14)11(13)16/h10H,3-9,14H2,1-2H3,(H2,13,16). The van der Waals surface area contributed by atoms with Crippen molar-refractivity contribution in [1.29, 1.82) is 0 Å². The van der Waals surface area contributed by atoms with Crippen LogP contribution in [0.3, 0.4) is 0 Å². The first-order valence-corrected chi connectivity index (χ1v) is 6.27. The Morgan fingerprint density at radius 1 is 1.50 bits per heavy atom. The molecule has 1 aliphatic rings. The zero-order valence-corrected chi connectivity index (χ0v) is 10.5. The summed E-state index contributed by atoms with van der Waals surface area (Å²) >= 11 is 0. The van der Waals surface area contributed by atoms with E-state index in [-0.39, 0.29) is 0 Å². The van der Waals surface area contributed by atoms with Crippen molar-refractivity contribution < 1.29 is 4.79 Å². The fourth-order valence-corrected chi connectivity index (χ4v) is 1.84. The number of nitrogens with zero attached hydrogens (tertiary/aromatic N) is 1. The number of nitrogens with two attached hydrogens (primary N) is 2. The molecule has 4 heteroatoms. The van der Waals surface area contributed by atoms with Crippen molar-refractivity contribution in [3.63, 3.8) is 0 Å². The van der Waals surface area contributed by atoms with Gasteiger partial charge < -0.3 is 16.4 Å². The largest absolute Gasteiger partial charge is 0.368 e. The lowest BCUT2D eigenvalue weighted by atomic mass is 9.96. The van der Waals surface area contributed by atoms with E-state index in [0.29, 0.717) is 6.42 Å². The summed E-state index contributed by atoms with van der Waals surface area (Å²) in [5.74, 6) is 0.512. The summed E-state index contributed by atoms with van der Waals surface area (Å²) in [5.41, 5.74) is 10.2. The zero-order chi connectivity index (χ0) is 12.2. The fourth-order valence-electron chi connectivity index (χ4n) is 1.84. The second-order valence-electron chi connectivity index (χ2n) is 5.22. The molecule has 1 amide bonds. The van der Waals surface area contributed by atoms with Crippen LogP contribution < -0.4 is 11.5 Å². The Balaban J connectivity index is 2.19. The molecule has 1 atom stereocenters. The Morgan fingerprint density at radius 3 is 2.56 bits per heavy atom. The molecule has 1 saturated carbocycles. The Bertz CT molecular complexity index is 236. The van der Waals surface area contributed by atoms with Crippen LogP contribution in [-0.4, -0.2) is 36.0 Å². The number of rotatable bonds is 8. The second-order valence-corrected chi connectivity index (χ2v) is 5.22. The highest BCUT2D eigenvalue weighted by Crippen LogP contribution is 2.29. The molecular formula is C12H25N3O. The SMILES string of the molecule is CCN(CCCC(C)(N)C(N)=O)CC1CC1. The van der Waals surface area contributed by atoms with Gasteiger partial charge in [0.15, 0.2) is 0 Å². The molecule has 4 nitrogen and oxygen atoms in total. The predicted molar refractivity (Wildman–Crippen MR) is 65.9 cm³/mol. The highest BCUT2D eigenvalue weighted by Gasteiger charge is 2.26. The van der Waals surface area contributed by atoms with Crippen molar-refractivity contribution in [1.82, 2.24) is 4.90 Å². The van der Waals surface area contributed by atoms with E-state index >= 15 is 0 Å². The van der Waals surface area contributed by atoms with Gasteiger partial charge in [-0.05, 0) is 51.6 Å². The maximum Gasteiger partial charge on any atom is 0.237 e. The number of hydrogen-bond donors (Lipinski definition) is 2. The van der Waals surface area contributed by atoms with Crippen LogP contribution in [0.5, 0.6) is 0 Å². The molecule has 1 fully saturated rings. The summed E-state index contributed by atoms with van der Waals surface area (Å²) in [5, 5.41) is 0. The molecule has 1 rings (SSSR count). The molecule has 0 aliphatic heterocycles. The minimum Gasteiger partial charge on any atom is -0.368 e. The average molecular weight is 227 g/mol. The third-order valence-electron chi connectivity index (χ3n) is 3.39. The van der Waals surface area contributed by atoms with Gasteiger partial charge in [-0.1, -0.05) is 6.92 Å². The van der Waals surface area contributed by atoms with Crippen LogP contribution in [-0.2, 0) is 4.79 Å². The monoisotopic (exact) mass is 227 g/mol. The summed E-state index contributed by atoms with van der Waals surface area (Å²) in [6.07, 6.45) is 4.37. The Labute approximate surface area is 98.3 Å². The highest BCUT2D eigenvalue weighted by atomic mass is 16.1. The lowest BCUT2D eigenvalue weighted by Crippen LogP contribution is -2.49. The summed E-state index contributed by atoms with van der Waals surface area (Å²) in [7, 11) is 0. The molecular weight excluding hydrogens is 202 g/mol. The molecule has 0 aromatic heterocycles. The van der Waals surface area contributed by atoms with Gasteiger partial charge in [0.2, 0.25) is 5.91 Å². The minimum atomic E-state index is -0.848. The first-order valence-electron chi connectivity index (χ1n) is 6.27. The van der Waals surface area contributed by atoms with Crippen LogP contribution in [0.25, 0.3) is 0 Å². The van der Waals surface area contributed by atoms with Gasteiger partial charge in [-0.2, -0.15) is 0 Å². The minimum absolute atomic E-state index is 0.405. The quantitative estimate of drug-likeness (QED) is 0.641. The van der Waals surface area contributed by atoms with Crippen LogP contribution in [0.1, 0.15) is 39.5 Å². The van der Waals surface area contributed by atoms with Crippen LogP contribution in [0.2, 0.25) is 0 Å². The van der Waals surface area contributed by atoms with E-state index < -0.39 is 11.4 Å². The molecule has 94 valence electrons. The van der Waals surface area contributed by atoms with Crippen LogP contribution >= 0.6 is 0 Å². The number of carbonyl (C=O) groups is 1. The second kappa shape index (κ2) is 5.64. The molecule has 0 heterocycles. The van der Waals surface area contributed by atoms with Crippen LogP contribution in [0.15, 0.2) is 0 Å². The van der Waals surface area contributed by atoms with E-state index in [0.717, 1.165) is 25.4 Å². The van der Waals surface area contributed by atoms with Gasteiger partial charge in [-0.15, -0.1) is 0 Å². The number of hydrogen-bond acceptors (Lipinski definition) is 3. The lowest BCUT2D eigenvalue weighted by Gasteiger charge is -2.24. The maximum atomic E-state index is 11.0. The first kappa shape index (κ1) is 13.5. The lowest BCUT2D eigenvalue weighted by molar-refractivity contribution is -0.122. The molecule has 0 saturated heterocycles. The summed E-state index contributed by atoms with van der Waals surface area (Å²) in [6.45, 7) is 7.19. The van der Waals surface area contributed by atoms with E-state index in [2.05, 4.69) is 11.8 Å². The maximum absolute atomic E-state index is 11.0. The van der Waals surface area contributed by atoms with Crippen molar-refractivity contribution in [2.45, 2.75) is 45.1 Å². The predicted octanol–water partition coefficient (Wildman–Crippen LogP) is 0.701. The molecule has 0 bridgehead atoms. The Kier molecular flexibility index (Phi) is 4.74. The molecule has 16 heavy (non-hydrogen) atoms. The molecule has 0 spiro atoms. The zero-order valence-electron chi connectivity index (χ0n) is 10.5. The summed E-state index contributed by atoms with van der Waals surface area (Å²) in [4.78, 5) is 13.5. The fraction of sp³-hybridized carbons (Fsp3) is 0.917. The van der Waals surface area contributed by atoms with Crippen molar-refractivity contribution in [3.05, 3.63) is 0 Å². The van der Waals surface area contributed by atoms with Crippen molar-refractivity contribution in [3.8, 4) is 0 Å². The Hall–Kier alpha value is -0.610. The van der Waals surface area contributed by atoms with Gasteiger partial charge in [-0.3, -0.25) is 4.79 Å². The normalized spacial score (nSPS) is 19.8. The van der Waals surface area contributed by atoms with Gasteiger partial charge in [0, 0.05) is 6.54 Å². The first-order chi connectivity index (χ1) is 7.45. The molecule has 0 aromatic rings. The van der Waals surface area contributed by atoms with E-state index in [9.17, 15) is 4.79 Å². The van der Waals surface area contributed by atoms with E-state index in [1.807, 2.05) is 0 Å². The number of carbonyl (C=O) groups excluding carboxylic acids is 1. The third kappa shape index (κ3) is 4.49. The average Bonchev–Trinajstić information content (AvgIpc) is 2.99. The Morgan fingerprint density at radius 2 is 2.12 bits per heavy atom. The molecule has 4 N–H and O–H groups in total. The van der Waals surface area contributed by atoms with Gasteiger partial charge >= 0.3 is 0 Å². The van der Waals surface area contributed by atoms with E-state index in [1.54, 1.807) is 6.92 Å². The number of primary amides is 1. The molecule has 1 aliphatic carbocycles. The summed E-state index contributed by atoms with van der Waals surface area (Å²) < 4.78 is 0. The highest BCUT2D eigenvalue weighted by molar-refractivity contribution is 5.83. The van der Waals surface area contributed by atoms with Gasteiger partial charge in [0.1, 0.15) is 0 Å². The van der Waals surface area contributed by atoms with Crippen LogP contribution in [0, 0.1) is 5.92 Å². The topological polar surface area (TPSA) is 72.3 Å². The molecule has 1 unspecified atom stereocenters. The molecule has 0 radical (unpaired) electrons. The third-order valence-corrected chi connectivity index (χ3v) is 3.39. The van der Waals surface area contributed by atoms with Gasteiger partial charge in [-0.25, -0.2) is 0 Å². The smallest absolute Gasteiger partial charge is 0.237 e. The van der Waals surface area contributed by atoms with Gasteiger partial charge in [0.25, 0.3) is 0 Å². The van der Waals surface area contributed by atoms with Crippen molar-refractivity contribution in [2.75, 3.05) is 19.6 Å². The molecule has 0 aromatic carbocycles. The number of amides is 1. The van der Waals surface area contributed by atoms with Crippen molar-refractivity contribution in [2.24, 2.45) is 17.4 Å². The van der Waals surface area contributed by atoms with E-state index in [1.165, 1.54) is 19.4 Å².